The second-order valence-corrected chi connectivity index (χ2v) is 5.55. The van der Waals surface area contributed by atoms with E-state index in [4.69, 9.17) is 4.74 Å². The van der Waals surface area contributed by atoms with E-state index in [1.165, 1.54) is 11.0 Å². The Balaban J connectivity index is 1.98. The molecular weight excluding hydrogens is 304 g/mol. The molecule has 5 heteroatoms. The molecule has 1 aromatic carbocycles. The maximum atomic E-state index is 12.5. The van der Waals surface area contributed by atoms with Crippen molar-refractivity contribution >= 4 is 11.8 Å². The van der Waals surface area contributed by atoms with E-state index in [2.05, 4.69) is 18.5 Å². The van der Waals surface area contributed by atoms with E-state index >= 15 is 0 Å². The third-order valence-corrected chi connectivity index (χ3v) is 3.68. The van der Waals surface area contributed by atoms with Gasteiger partial charge in [0.1, 0.15) is 6.54 Å². The lowest BCUT2D eigenvalue weighted by atomic mass is 10.1. The van der Waals surface area contributed by atoms with Gasteiger partial charge in [-0.15, -0.1) is 0 Å². The van der Waals surface area contributed by atoms with Gasteiger partial charge >= 0.3 is 0 Å². The summed E-state index contributed by atoms with van der Waals surface area (Å²) in [6, 6.07) is 9.77. The summed E-state index contributed by atoms with van der Waals surface area (Å²) in [4.78, 5) is 25.7. The minimum absolute atomic E-state index is 0.0249. The van der Waals surface area contributed by atoms with Crippen LogP contribution in [0.2, 0.25) is 0 Å². The first-order valence-electron chi connectivity index (χ1n) is 7.80. The standard InChI is InChI=1S/C19H22N2O3/c1-4-16-17(5-2)21(12-18(22)20-16)19(23)11-14(3)24-13-15-9-7-6-8-10-15/h4-10,14H,1-2,11-13H2,3H3,(H,20,22). The Morgan fingerprint density at radius 2 is 2.04 bits per heavy atom. The summed E-state index contributed by atoms with van der Waals surface area (Å²) in [5, 5.41) is 2.68. The summed E-state index contributed by atoms with van der Waals surface area (Å²) in [5.41, 5.74) is 2.10. The van der Waals surface area contributed by atoms with Crippen LogP contribution in [0.3, 0.4) is 0 Å². The van der Waals surface area contributed by atoms with Crippen LogP contribution in [0, 0.1) is 0 Å². The predicted octanol–water partition coefficient (Wildman–Crippen LogP) is 2.52. The van der Waals surface area contributed by atoms with Crippen LogP contribution >= 0.6 is 0 Å². The Hall–Kier alpha value is -2.66. The van der Waals surface area contributed by atoms with Crippen LogP contribution in [-0.4, -0.2) is 29.4 Å². The highest BCUT2D eigenvalue weighted by Crippen LogP contribution is 2.18. The highest BCUT2D eigenvalue weighted by atomic mass is 16.5. The van der Waals surface area contributed by atoms with E-state index in [1.54, 1.807) is 6.08 Å². The number of benzene rings is 1. The van der Waals surface area contributed by atoms with Gasteiger partial charge in [-0.2, -0.15) is 0 Å². The van der Waals surface area contributed by atoms with E-state index in [0.717, 1.165) is 5.56 Å². The van der Waals surface area contributed by atoms with E-state index < -0.39 is 0 Å². The zero-order chi connectivity index (χ0) is 17.5. The van der Waals surface area contributed by atoms with E-state index in [1.807, 2.05) is 37.3 Å². The number of nitrogens with one attached hydrogen (secondary N) is 1. The highest BCUT2D eigenvalue weighted by Gasteiger charge is 2.27. The minimum Gasteiger partial charge on any atom is -0.373 e. The number of hydrogen-bond acceptors (Lipinski definition) is 3. The molecule has 1 N–H and O–H groups in total. The molecule has 0 aliphatic carbocycles. The summed E-state index contributed by atoms with van der Waals surface area (Å²) in [6.07, 6.45) is 2.97. The Labute approximate surface area is 142 Å². The van der Waals surface area contributed by atoms with Gasteiger partial charge in [-0.25, -0.2) is 0 Å². The van der Waals surface area contributed by atoms with Crippen molar-refractivity contribution in [3.05, 3.63) is 72.6 Å². The van der Waals surface area contributed by atoms with Crippen LogP contribution in [0.5, 0.6) is 0 Å². The van der Waals surface area contributed by atoms with Crippen LogP contribution < -0.4 is 5.32 Å². The average molecular weight is 326 g/mol. The number of amides is 2. The van der Waals surface area contributed by atoms with Crippen LogP contribution in [-0.2, 0) is 20.9 Å². The zero-order valence-corrected chi connectivity index (χ0v) is 13.8. The Bertz CT molecular complexity index is 664. The predicted molar refractivity (Wildman–Crippen MR) is 92.6 cm³/mol. The molecule has 1 unspecified atom stereocenters. The molecule has 1 aromatic rings. The van der Waals surface area contributed by atoms with Crippen molar-refractivity contribution in [2.24, 2.45) is 0 Å². The van der Waals surface area contributed by atoms with Gasteiger partial charge in [0.25, 0.3) is 0 Å². The number of ether oxygens (including phenoxy) is 1. The molecule has 126 valence electrons. The van der Waals surface area contributed by atoms with Crippen LogP contribution in [0.15, 0.2) is 67.0 Å². The Kier molecular flexibility index (Phi) is 6.09. The summed E-state index contributed by atoms with van der Waals surface area (Å²) in [7, 11) is 0. The number of nitrogens with zero attached hydrogens (tertiary/aromatic N) is 1. The highest BCUT2D eigenvalue weighted by molar-refractivity contribution is 5.90. The minimum atomic E-state index is -0.263. The zero-order valence-electron chi connectivity index (χ0n) is 13.8. The van der Waals surface area contributed by atoms with Crippen molar-refractivity contribution in [3.8, 4) is 0 Å². The molecule has 1 heterocycles. The monoisotopic (exact) mass is 326 g/mol. The third kappa shape index (κ3) is 4.43. The SMILES string of the molecule is C=CC1=C(C=C)N(C(=O)CC(C)OCc2ccccc2)CC(=O)N1. The molecule has 1 aliphatic heterocycles. The van der Waals surface area contributed by atoms with Crippen molar-refractivity contribution in [1.29, 1.82) is 0 Å². The fourth-order valence-corrected chi connectivity index (χ4v) is 2.45. The summed E-state index contributed by atoms with van der Waals surface area (Å²) in [5.74, 6) is -0.429. The summed E-state index contributed by atoms with van der Waals surface area (Å²) >= 11 is 0. The van der Waals surface area contributed by atoms with Crippen molar-refractivity contribution in [3.63, 3.8) is 0 Å². The first-order valence-corrected chi connectivity index (χ1v) is 7.80. The fraction of sp³-hybridized carbons (Fsp3) is 0.263. The first-order chi connectivity index (χ1) is 11.5. The quantitative estimate of drug-likeness (QED) is 0.837. The number of carbonyl (C=O) groups excluding carboxylic acids is 2. The van der Waals surface area contributed by atoms with Crippen molar-refractivity contribution in [1.82, 2.24) is 10.2 Å². The normalized spacial score (nSPS) is 15.7. The molecule has 0 bridgehead atoms. The first kappa shape index (κ1) is 17.7. The molecule has 0 spiro atoms. The molecule has 2 amide bonds. The van der Waals surface area contributed by atoms with Crippen LogP contribution in [0.1, 0.15) is 18.9 Å². The van der Waals surface area contributed by atoms with Gasteiger partial charge in [-0.3, -0.25) is 9.59 Å². The van der Waals surface area contributed by atoms with Gasteiger partial charge in [0, 0.05) is 0 Å². The van der Waals surface area contributed by atoms with Crippen LogP contribution in [0.25, 0.3) is 0 Å². The summed E-state index contributed by atoms with van der Waals surface area (Å²) < 4.78 is 5.73. The van der Waals surface area contributed by atoms with Crippen molar-refractivity contribution in [2.45, 2.75) is 26.1 Å². The lowest BCUT2D eigenvalue weighted by Crippen LogP contribution is -2.46. The van der Waals surface area contributed by atoms with Gasteiger partial charge in [0.05, 0.1) is 30.5 Å². The second-order valence-electron chi connectivity index (χ2n) is 5.55. The van der Waals surface area contributed by atoms with Crippen molar-refractivity contribution in [2.75, 3.05) is 6.54 Å². The smallest absolute Gasteiger partial charge is 0.244 e. The van der Waals surface area contributed by atoms with Gasteiger partial charge in [0.2, 0.25) is 11.8 Å². The molecular formula is C19H22N2O3. The average Bonchev–Trinajstić information content (AvgIpc) is 2.59. The largest absolute Gasteiger partial charge is 0.373 e. The Morgan fingerprint density at radius 1 is 1.33 bits per heavy atom. The molecule has 1 aliphatic rings. The lowest BCUT2D eigenvalue weighted by molar-refractivity contribution is -0.136. The second kappa shape index (κ2) is 8.26. The van der Waals surface area contributed by atoms with Gasteiger partial charge < -0.3 is 15.0 Å². The molecule has 24 heavy (non-hydrogen) atoms. The van der Waals surface area contributed by atoms with Gasteiger partial charge in [-0.1, -0.05) is 43.5 Å². The number of hydrogen-bond donors (Lipinski definition) is 1. The maximum absolute atomic E-state index is 12.5. The molecule has 5 nitrogen and oxygen atoms in total. The lowest BCUT2D eigenvalue weighted by Gasteiger charge is -2.30. The van der Waals surface area contributed by atoms with Crippen LogP contribution in [0.4, 0.5) is 0 Å². The maximum Gasteiger partial charge on any atom is 0.244 e. The number of carbonyl (C=O) groups is 2. The molecule has 2 rings (SSSR count). The van der Waals surface area contributed by atoms with E-state index in [0.29, 0.717) is 18.0 Å². The fourth-order valence-electron chi connectivity index (χ4n) is 2.45. The van der Waals surface area contributed by atoms with Crippen molar-refractivity contribution < 1.29 is 14.3 Å². The topological polar surface area (TPSA) is 58.6 Å². The van der Waals surface area contributed by atoms with Gasteiger partial charge in [0.15, 0.2) is 0 Å². The Morgan fingerprint density at radius 3 is 2.67 bits per heavy atom. The molecule has 0 aromatic heterocycles. The van der Waals surface area contributed by atoms with E-state index in [-0.39, 0.29) is 30.9 Å². The molecule has 0 fully saturated rings. The third-order valence-electron chi connectivity index (χ3n) is 3.68. The number of rotatable bonds is 7. The molecule has 0 saturated carbocycles. The number of allylic oxidation sites excluding steroid dienone is 2. The molecule has 0 radical (unpaired) electrons. The van der Waals surface area contributed by atoms with Gasteiger partial charge in [-0.05, 0) is 24.6 Å². The van der Waals surface area contributed by atoms with E-state index in [9.17, 15) is 9.59 Å². The summed E-state index contributed by atoms with van der Waals surface area (Å²) in [6.45, 7) is 9.63. The molecule has 1 atom stereocenters. The molecule has 0 saturated heterocycles.